The molecule has 1 aliphatic rings. The number of aliphatic hydroxyl groups excluding tert-OH is 2. The Morgan fingerprint density at radius 1 is 1.45 bits per heavy atom. The first-order valence-electron chi connectivity index (χ1n) is 3.73. The highest BCUT2D eigenvalue weighted by atomic mass is 16.6. The van der Waals surface area contributed by atoms with E-state index in [0.29, 0.717) is 19.4 Å². The van der Waals surface area contributed by atoms with Crippen molar-refractivity contribution in [1.82, 2.24) is 0 Å². The largest absolute Gasteiger partial charge is 0.393 e. The van der Waals surface area contributed by atoms with Crippen molar-refractivity contribution >= 4 is 0 Å². The van der Waals surface area contributed by atoms with Crippen molar-refractivity contribution in [2.45, 2.75) is 31.3 Å². The van der Waals surface area contributed by atoms with Gasteiger partial charge in [0.2, 0.25) is 0 Å². The second kappa shape index (κ2) is 4.01. The van der Waals surface area contributed by atoms with Crippen molar-refractivity contribution in [1.29, 1.82) is 0 Å². The molecule has 4 heteroatoms. The highest BCUT2D eigenvalue weighted by molar-refractivity contribution is 4.71. The Morgan fingerprint density at radius 3 is 2.73 bits per heavy atom. The average Bonchev–Trinajstić information content (AvgIpc) is 1.85. The molecule has 3 atom stereocenters. The molecular formula is C7H14O4. The standard InChI is InChI=1S/C7H14O4/c1-10-4-6-2-5(8)3-7(9)11-6/h5-9H,2-4H2,1H3/t5-,6+,7-/m1/s1. The van der Waals surface area contributed by atoms with Crippen LogP contribution in [-0.4, -0.2) is 42.4 Å². The molecule has 0 bridgehead atoms. The summed E-state index contributed by atoms with van der Waals surface area (Å²) in [5.41, 5.74) is 0. The van der Waals surface area contributed by atoms with Crippen LogP contribution in [0.4, 0.5) is 0 Å². The van der Waals surface area contributed by atoms with E-state index in [1.807, 2.05) is 0 Å². The summed E-state index contributed by atoms with van der Waals surface area (Å²) in [6, 6.07) is 0. The smallest absolute Gasteiger partial charge is 0.157 e. The fraction of sp³-hybridized carbons (Fsp3) is 1.00. The third-order valence-electron chi connectivity index (χ3n) is 1.71. The van der Waals surface area contributed by atoms with Crippen LogP contribution in [0.15, 0.2) is 0 Å². The summed E-state index contributed by atoms with van der Waals surface area (Å²) in [4.78, 5) is 0. The first kappa shape index (κ1) is 8.93. The second-order valence-electron chi connectivity index (χ2n) is 2.79. The molecule has 0 radical (unpaired) electrons. The van der Waals surface area contributed by atoms with Gasteiger partial charge >= 0.3 is 0 Å². The van der Waals surface area contributed by atoms with Gasteiger partial charge in [0.15, 0.2) is 6.29 Å². The summed E-state index contributed by atoms with van der Waals surface area (Å²) >= 11 is 0. The van der Waals surface area contributed by atoms with E-state index in [0.717, 1.165) is 0 Å². The van der Waals surface area contributed by atoms with Gasteiger partial charge in [0, 0.05) is 20.0 Å². The highest BCUT2D eigenvalue weighted by Gasteiger charge is 2.26. The third-order valence-corrected chi connectivity index (χ3v) is 1.71. The molecule has 0 spiro atoms. The third kappa shape index (κ3) is 2.75. The molecule has 1 saturated heterocycles. The minimum absolute atomic E-state index is 0.168. The van der Waals surface area contributed by atoms with Gasteiger partial charge in [-0.2, -0.15) is 0 Å². The summed E-state index contributed by atoms with van der Waals surface area (Å²) in [5, 5.41) is 18.2. The maximum atomic E-state index is 9.18. The number of hydrogen-bond acceptors (Lipinski definition) is 4. The molecule has 0 unspecified atom stereocenters. The molecule has 11 heavy (non-hydrogen) atoms. The average molecular weight is 162 g/mol. The van der Waals surface area contributed by atoms with Gasteiger partial charge in [-0.25, -0.2) is 0 Å². The molecule has 1 rings (SSSR count). The number of hydrogen-bond donors (Lipinski definition) is 2. The normalized spacial score (nSPS) is 39.0. The molecule has 0 amide bonds. The Morgan fingerprint density at radius 2 is 2.18 bits per heavy atom. The zero-order valence-electron chi connectivity index (χ0n) is 6.56. The predicted octanol–water partition coefficient (Wildman–Crippen LogP) is -0.509. The lowest BCUT2D eigenvalue weighted by atomic mass is 10.1. The Kier molecular flexibility index (Phi) is 3.26. The molecule has 1 aliphatic heterocycles. The summed E-state index contributed by atoms with van der Waals surface area (Å²) in [6.07, 6.45) is -0.609. The van der Waals surface area contributed by atoms with Crippen LogP contribution in [-0.2, 0) is 9.47 Å². The van der Waals surface area contributed by atoms with Crippen LogP contribution in [0.5, 0.6) is 0 Å². The maximum Gasteiger partial charge on any atom is 0.157 e. The van der Waals surface area contributed by atoms with E-state index in [1.165, 1.54) is 0 Å². The van der Waals surface area contributed by atoms with Crippen LogP contribution in [0.1, 0.15) is 12.8 Å². The van der Waals surface area contributed by atoms with Crippen molar-refractivity contribution in [2.75, 3.05) is 13.7 Å². The van der Waals surface area contributed by atoms with Crippen molar-refractivity contribution in [3.8, 4) is 0 Å². The summed E-state index contributed by atoms with van der Waals surface area (Å²) in [6.45, 7) is 0.425. The first-order chi connectivity index (χ1) is 5.22. The number of aliphatic hydroxyl groups is 2. The summed E-state index contributed by atoms with van der Waals surface area (Å²) in [5.74, 6) is 0. The van der Waals surface area contributed by atoms with E-state index >= 15 is 0 Å². The van der Waals surface area contributed by atoms with Crippen LogP contribution in [0.3, 0.4) is 0 Å². The minimum atomic E-state index is -0.834. The van der Waals surface area contributed by atoms with Crippen molar-refractivity contribution in [2.24, 2.45) is 0 Å². The van der Waals surface area contributed by atoms with Crippen LogP contribution >= 0.6 is 0 Å². The van der Waals surface area contributed by atoms with E-state index in [9.17, 15) is 5.11 Å². The predicted molar refractivity (Wildman–Crippen MR) is 38.0 cm³/mol. The topological polar surface area (TPSA) is 58.9 Å². The van der Waals surface area contributed by atoms with Crippen LogP contribution in [0, 0.1) is 0 Å². The Hall–Kier alpha value is -0.160. The van der Waals surface area contributed by atoms with Gasteiger partial charge in [-0.3, -0.25) is 0 Å². The Bertz CT molecular complexity index is 107. The molecule has 0 saturated carbocycles. The van der Waals surface area contributed by atoms with Gasteiger partial charge in [0.25, 0.3) is 0 Å². The monoisotopic (exact) mass is 162 g/mol. The van der Waals surface area contributed by atoms with E-state index in [-0.39, 0.29) is 6.10 Å². The lowest BCUT2D eigenvalue weighted by Gasteiger charge is -2.29. The highest BCUT2D eigenvalue weighted by Crippen LogP contribution is 2.17. The number of methoxy groups -OCH3 is 1. The second-order valence-corrected chi connectivity index (χ2v) is 2.79. The fourth-order valence-electron chi connectivity index (χ4n) is 1.26. The van der Waals surface area contributed by atoms with Crippen LogP contribution in [0.2, 0.25) is 0 Å². The number of rotatable bonds is 2. The van der Waals surface area contributed by atoms with Gasteiger partial charge in [-0.1, -0.05) is 0 Å². The van der Waals surface area contributed by atoms with Crippen molar-refractivity contribution < 1.29 is 19.7 Å². The number of ether oxygens (including phenoxy) is 2. The van der Waals surface area contributed by atoms with Gasteiger partial charge in [-0.05, 0) is 0 Å². The molecule has 66 valence electrons. The van der Waals surface area contributed by atoms with E-state index in [1.54, 1.807) is 7.11 Å². The van der Waals surface area contributed by atoms with Gasteiger partial charge in [-0.15, -0.1) is 0 Å². The summed E-state index contributed by atoms with van der Waals surface area (Å²) < 4.78 is 9.90. The zero-order valence-corrected chi connectivity index (χ0v) is 6.56. The molecule has 1 fully saturated rings. The van der Waals surface area contributed by atoms with Crippen LogP contribution in [0.25, 0.3) is 0 Å². The van der Waals surface area contributed by atoms with Crippen LogP contribution < -0.4 is 0 Å². The van der Waals surface area contributed by atoms with E-state index in [4.69, 9.17) is 14.6 Å². The first-order valence-corrected chi connectivity index (χ1v) is 3.73. The summed E-state index contributed by atoms with van der Waals surface area (Å²) in [7, 11) is 1.57. The molecule has 0 aromatic carbocycles. The van der Waals surface area contributed by atoms with E-state index in [2.05, 4.69) is 0 Å². The molecule has 0 aromatic rings. The maximum absolute atomic E-state index is 9.18. The van der Waals surface area contributed by atoms with Gasteiger partial charge in [0.1, 0.15) is 0 Å². The molecule has 4 nitrogen and oxygen atoms in total. The molecular weight excluding hydrogens is 148 g/mol. The van der Waals surface area contributed by atoms with Gasteiger partial charge < -0.3 is 19.7 Å². The molecule has 0 aliphatic carbocycles. The minimum Gasteiger partial charge on any atom is -0.393 e. The Labute approximate surface area is 65.7 Å². The van der Waals surface area contributed by atoms with Gasteiger partial charge in [0.05, 0.1) is 18.8 Å². The van der Waals surface area contributed by atoms with Crippen molar-refractivity contribution in [3.05, 3.63) is 0 Å². The Balaban J connectivity index is 2.30. The SMILES string of the molecule is COC[C@@H]1C[C@@H](O)C[C@H](O)O1. The lowest BCUT2D eigenvalue weighted by molar-refractivity contribution is -0.199. The molecule has 2 N–H and O–H groups in total. The zero-order chi connectivity index (χ0) is 8.27. The van der Waals surface area contributed by atoms with E-state index < -0.39 is 12.4 Å². The van der Waals surface area contributed by atoms with Crippen molar-refractivity contribution in [3.63, 3.8) is 0 Å². The quantitative estimate of drug-likeness (QED) is 0.574. The molecule has 1 heterocycles. The lowest BCUT2D eigenvalue weighted by Crippen LogP contribution is -2.37. The fourth-order valence-corrected chi connectivity index (χ4v) is 1.26. The molecule has 0 aromatic heterocycles.